The van der Waals surface area contributed by atoms with Gasteiger partial charge in [0.1, 0.15) is 11.9 Å². The third kappa shape index (κ3) is 6.01. The van der Waals surface area contributed by atoms with E-state index in [4.69, 9.17) is 14.2 Å². The number of hydrogen-bond donors (Lipinski definition) is 0. The van der Waals surface area contributed by atoms with Crippen molar-refractivity contribution in [3.63, 3.8) is 0 Å². The number of hydrogen-bond acceptors (Lipinski definition) is 4. The summed E-state index contributed by atoms with van der Waals surface area (Å²) in [6.45, 7) is 4.87. The van der Waals surface area contributed by atoms with Crippen LogP contribution in [0.2, 0.25) is 0 Å². The minimum atomic E-state index is -3.00. The first-order valence-electron chi connectivity index (χ1n) is 11.5. The van der Waals surface area contributed by atoms with Crippen LogP contribution in [0.25, 0.3) is 0 Å². The van der Waals surface area contributed by atoms with Crippen molar-refractivity contribution in [1.82, 2.24) is 0 Å². The molecule has 174 valence electrons. The van der Waals surface area contributed by atoms with Gasteiger partial charge in [0.25, 0.3) is 6.43 Å². The summed E-state index contributed by atoms with van der Waals surface area (Å²) in [6.07, 6.45) is 2.98. The van der Waals surface area contributed by atoms with Crippen molar-refractivity contribution >= 4 is 5.97 Å². The molecule has 7 heteroatoms. The molecule has 3 rings (SSSR count). The molecule has 1 aliphatic heterocycles. The van der Waals surface area contributed by atoms with E-state index in [1.807, 2.05) is 6.92 Å². The van der Waals surface area contributed by atoms with Crippen LogP contribution in [0, 0.1) is 5.82 Å². The second-order valence-corrected chi connectivity index (χ2v) is 8.51. The molecule has 1 aromatic rings. The number of rotatable bonds is 8. The van der Waals surface area contributed by atoms with Gasteiger partial charge in [0, 0.05) is 6.61 Å². The zero-order chi connectivity index (χ0) is 22.4. The molecule has 2 atom stereocenters. The molecule has 0 bridgehead atoms. The van der Waals surface area contributed by atoms with E-state index in [0.29, 0.717) is 31.4 Å². The van der Waals surface area contributed by atoms with Gasteiger partial charge in [-0.3, -0.25) is 0 Å². The standard InChI is InChI=1S/C24H33F3O4/c1-3-5-16-10-11-18(14-30-16)31-24(28)20-13-12-19(21(22(20)25)23(26)27)15-6-8-17(9-7-15)29-4-2/h12-13,15-18,23H,3-11,14H2,1-2H3. The molecule has 0 radical (unpaired) electrons. The van der Waals surface area contributed by atoms with E-state index >= 15 is 4.39 Å². The number of alkyl halides is 2. The molecule has 2 aliphatic rings. The highest BCUT2D eigenvalue weighted by molar-refractivity contribution is 5.90. The molecule has 0 aromatic heterocycles. The lowest BCUT2D eigenvalue weighted by Gasteiger charge is -2.30. The Morgan fingerprint density at radius 3 is 2.39 bits per heavy atom. The van der Waals surface area contributed by atoms with Crippen LogP contribution >= 0.6 is 0 Å². The topological polar surface area (TPSA) is 44.8 Å². The average molecular weight is 443 g/mol. The molecular formula is C24H33F3O4. The lowest BCUT2D eigenvalue weighted by molar-refractivity contribution is -0.0689. The number of esters is 1. The Kier molecular flexibility index (Phi) is 8.78. The Balaban J connectivity index is 1.70. The van der Waals surface area contributed by atoms with Crippen LogP contribution < -0.4 is 0 Å². The van der Waals surface area contributed by atoms with Crippen LogP contribution in [0.5, 0.6) is 0 Å². The lowest BCUT2D eigenvalue weighted by atomic mass is 9.80. The second kappa shape index (κ2) is 11.3. The van der Waals surface area contributed by atoms with Gasteiger partial charge in [0.05, 0.1) is 29.9 Å². The summed E-state index contributed by atoms with van der Waals surface area (Å²) >= 11 is 0. The highest BCUT2D eigenvalue weighted by atomic mass is 19.3. The molecule has 0 spiro atoms. The quantitative estimate of drug-likeness (QED) is 0.441. The fourth-order valence-corrected chi connectivity index (χ4v) is 4.76. The summed E-state index contributed by atoms with van der Waals surface area (Å²) in [7, 11) is 0. The van der Waals surface area contributed by atoms with E-state index < -0.39 is 35.4 Å². The van der Waals surface area contributed by atoms with Crippen LogP contribution in [0.4, 0.5) is 13.2 Å². The maximum atomic E-state index is 15.1. The molecule has 0 N–H and O–H groups in total. The zero-order valence-electron chi connectivity index (χ0n) is 18.4. The van der Waals surface area contributed by atoms with Crippen LogP contribution in [-0.4, -0.2) is 37.5 Å². The van der Waals surface area contributed by atoms with Crippen LogP contribution in [0.15, 0.2) is 12.1 Å². The molecule has 2 fully saturated rings. The Hall–Kier alpha value is -1.60. The lowest BCUT2D eigenvalue weighted by Crippen LogP contribution is -2.33. The minimum Gasteiger partial charge on any atom is -0.456 e. The molecule has 1 heterocycles. The van der Waals surface area contributed by atoms with Crippen molar-refractivity contribution < 1.29 is 32.2 Å². The van der Waals surface area contributed by atoms with Gasteiger partial charge in [0.2, 0.25) is 0 Å². The predicted molar refractivity (Wildman–Crippen MR) is 111 cm³/mol. The van der Waals surface area contributed by atoms with Gasteiger partial charge in [-0.25, -0.2) is 18.0 Å². The molecule has 31 heavy (non-hydrogen) atoms. The van der Waals surface area contributed by atoms with Gasteiger partial charge >= 0.3 is 5.97 Å². The monoisotopic (exact) mass is 442 g/mol. The third-order valence-electron chi connectivity index (χ3n) is 6.38. The van der Waals surface area contributed by atoms with Crippen molar-refractivity contribution in [3.05, 3.63) is 34.6 Å². The zero-order valence-corrected chi connectivity index (χ0v) is 18.4. The molecule has 2 unspecified atom stereocenters. The van der Waals surface area contributed by atoms with Gasteiger partial charge in [0.15, 0.2) is 0 Å². The van der Waals surface area contributed by atoms with Crippen molar-refractivity contribution in [2.45, 2.75) is 95.9 Å². The van der Waals surface area contributed by atoms with Crippen LogP contribution in [0.1, 0.15) is 99.0 Å². The molecule has 0 amide bonds. The predicted octanol–water partition coefficient (Wildman–Crippen LogP) is 6.33. The molecule has 1 aromatic carbocycles. The van der Waals surface area contributed by atoms with E-state index in [9.17, 15) is 13.6 Å². The van der Waals surface area contributed by atoms with Gasteiger partial charge in [-0.15, -0.1) is 0 Å². The van der Waals surface area contributed by atoms with Gasteiger partial charge in [-0.2, -0.15) is 0 Å². The second-order valence-electron chi connectivity index (χ2n) is 8.51. The highest BCUT2D eigenvalue weighted by Crippen LogP contribution is 2.40. The van der Waals surface area contributed by atoms with Crippen LogP contribution in [-0.2, 0) is 14.2 Å². The van der Waals surface area contributed by atoms with E-state index in [1.165, 1.54) is 12.1 Å². The summed E-state index contributed by atoms with van der Waals surface area (Å²) in [5.74, 6) is -2.24. The summed E-state index contributed by atoms with van der Waals surface area (Å²) in [5, 5.41) is 0. The fraction of sp³-hybridized carbons (Fsp3) is 0.708. The first-order chi connectivity index (χ1) is 14.9. The molecule has 1 saturated carbocycles. The summed E-state index contributed by atoms with van der Waals surface area (Å²) < 4.78 is 59.4. The Labute approximate surface area is 182 Å². The Bertz CT molecular complexity index is 724. The van der Waals surface area contributed by atoms with Gasteiger partial charge < -0.3 is 14.2 Å². The Morgan fingerprint density at radius 2 is 1.81 bits per heavy atom. The van der Waals surface area contributed by atoms with Crippen molar-refractivity contribution in [3.8, 4) is 0 Å². The fourth-order valence-electron chi connectivity index (χ4n) is 4.76. The smallest absolute Gasteiger partial charge is 0.341 e. The molecule has 1 aliphatic carbocycles. The first kappa shape index (κ1) is 24.1. The minimum absolute atomic E-state index is 0.130. The van der Waals surface area contributed by atoms with Crippen molar-refractivity contribution in [2.75, 3.05) is 13.2 Å². The summed E-state index contributed by atoms with van der Waals surface area (Å²) in [4.78, 5) is 12.5. The number of benzene rings is 1. The van der Waals surface area contributed by atoms with E-state index in [2.05, 4.69) is 6.92 Å². The largest absolute Gasteiger partial charge is 0.456 e. The Morgan fingerprint density at radius 1 is 1.10 bits per heavy atom. The third-order valence-corrected chi connectivity index (χ3v) is 6.38. The number of carbonyl (C=O) groups excluding carboxylic acids is 1. The summed E-state index contributed by atoms with van der Waals surface area (Å²) in [6, 6.07) is 2.76. The molecule has 1 saturated heterocycles. The van der Waals surface area contributed by atoms with Crippen LogP contribution in [0.3, 0.4) is 0 Å². The highest BCUT2D eigenvalue weighted by Gasteiger charge is 2.32. The maximum absolute atomic E-state index is 15.1. The summed E-state index contributed by atoms with van der Waals surface area (Å²) in [5.41, 5.74) is -0.808. The first-order valence-corrected chi connectivity index (χ1v) is 11.5. The molecular weight excluding hydrogens is 409 g/mol. The SMILES string of the molecule is CCCC1CCC(OC(=O)c2ccc(C3CCC(OCC)CC3)c(C(F)F)c2F)CO1. The molecule has 4 nitrogen and oxygen atoms in total. The normalized spacial score (nSPS) is 26.8. The van der Waals surface area contributed by atoms with Gasteiger partial charge in [-0.1, -0.05) is 19.4 Å². The number of ether oxygens (including phenoxy) is 3. The van der Waals surface area contributed by atoms with Gasteiger partial charge in [-0.05, 0) is 69.4 Å². The maximum Gasteiger partial charge on any atom is 0.341 e. The number of carbonyl (C=O) groups is 1. The van der Waals surface area contributed by atoms with Crippen molar-refractivity contribution in [1.29, 1.82) is 0 Å². The average Bonchev–Trinajstić information content (AvgIpc) is 2.75. The van der Waals surface area contributed by atoms with E-state index in [-0.39, 0.29) is 24.7 Å². The van der Waals surface area contributed by atoms with Crippen molar-refractivity contribution in [2.24, 2.45) is 0 Å². The number of halogens is 3. The van der Waals surface area contributed by atoms with E-state index in [0.717, 1.165) is 32.1 Å². The van der Waals surface area contributed by atoms with E-state index in [1.54, 1.807) is 0 Å².